The van der Waals surface area contributed by atoms with Crippen molar-refractivity contribution in [2.75, 3.05) is 12.3 Å². The highest BCUT2D eigenvalue weighted by atomic mass is 32.1. The summed E-state index contributed by atoms with van der Waals surface area (Å²) >= 11 is 1.76. The minimum absolute atomic E-state index is 0.326. The van der Waals surface area contributed by atoms with Crippen LogP contribution in [0, 0.1) is 6.92 Å². The van der Waals surface area contributed by atoms with Crippen LogP contribution in [0.3, 0.4) is 0 Å². The van der Waals surface area contributed by atoms with Crippen molar-refractivity contribution in [2.24, 2.45) is 0 Å². The van der Waals surface area contributed by atoms with E-state index >= 15 is 0 Å². The first-order valence-electron chi connectivity index (χ1n) is 6.66. The molecule has 0 fully saturated rings. The molecule has 0 aliphatic rings. The van der Waals surface area contributed by atoms with Gasteiger partial charge in [-0.3, -0.25) is 0 Å². The Hall–Kier alpha value is -1.39. The molecule has 3 nitrogen and oxygen atoms in total. The van der Waals surface area contributed by atoms with Crippen LogP contribution in [0.5, 0.6) is 0 Å². The van der Waals surface area contributed by atoms with E-state index in [0.29, 0.717) is 6.04 Å². The molecule has 4 heteroatoms. The van der Waals surface area contributed by atoms with E-state index in [-0.39, 0.29) is 0 Å². The molecule has 0 spiro atoms. The fraction of sp³-hybridized carbons (Fsp3) is 0.400. The van der Waals surface area contributed by atoms with Gasteiger partial charge in [-0.1, -0.05) is 18.2 Å². The Kier molecular flexibility index (Phi) is 4.93. The van der Waals surface area contributed by atoms with Gasteiger partial charge >= 0.3 is 0 Å². The number of aromatic nitrogens is 1. The lowest BCUT2D eigenvalue weighted by Crippen LogP contribution is -2.20. The fourth-order valence-electron chi connectivity index (χ4n) is 2.02. The smallest absolute Gasteiger partial charge is 0.109 e. The molecule has 0 aliphatic heterocycles. The molecule has 0 saturated carbocycles. The maximum absolute atomic E-state index is 5.93. The maximum Gasteiger partial charge on any atom is 0.109 e. The number of thiazole rings is 1. The zero-order valence-electron chi connectivity index (χ0n) is 11.5. The molecule has 0 bridgehead atoms. The number of hydrogen-bond donors (Lipinski definition) is 2. The Morgan fingerprint density at radius 3 is 2.84 bits per heavy atom. The van der Waals surface area contributed by atoms with Crippen LogP contribution in [-0.4, -0.2) is 11.5 Å². The third-order valence-electron chi connectivity index (χ3n) is 3.14. The van der Waals surface area contributed by atoms with E-state index in [2.05, 4.69) is 30.2 Å². The first kappa shape index (κ1) is 14.0. The van der Waals surface area contributed by atoms with Crippen LogP contribution in [0.4, 0.5) is 5.69 Å². The van der Waals surface area contributed by atoms with E-state index in [4.69, 9.17) is 5.73 Å². The topological polar surface area (TPSA) is 50.9 Å². The molecule has 0 aliphatic carbocycles. The predicted molar refractivity (Wildman–Crippen MR) is 82.4 cm³/mol. The van der Waals surface area contributed by atoms with Crippen molar-refractivity contribution in [2.45, 2.75) is 32.7 Å². The van der Waals surface area contributed by atoms with Crippen molar-refractivity contribution in [3.63, 3.8) is 0 Å². The van der Waals surface area contributed by atoms with Gasteiger partial charge in [0.25, 0.3) is 0 Å². The minimum Gasteiger partial charge on any atom is -0.399 e. The molecule has 1 atom stereocenters. The van der Waals surface area contributed by atoms with Gasteiger partial charge in [0, 0.05) is 16.8 Å². The van der Waals surface area contributed by atoms with Crippen molar-refractivity contribution in [3.05, 3.63) is 45.9 Å². The van der Waals surface area contributed by atoms with Crippen molar-refractivity contribution in [3.8, 4) is 0 Å². The number of benzene rings is 1. The largest absolute Gasteiger partial charge is 0.399 e. The van der Waals surface area contributed by atoms with E-state index < -0.39 is 0 Å². The van der Waals surface area contributed by atoms with Gasteiger partial charge in [-0.2, -0.15) is 0 Å². The van der Waals surface area contributed by atoms with E-state index in [1.807, 2.05) is 24.4 Å². The average Bonchev–Trinajstić information content (AvgIpc) is 2.83. The number of nitrogens with zero attached hydrogens (tertiary/aromatic N) is 1. The van der Waals surface area contributed by atoms with Gasteiger partial charge in [-0.05, 0) is 44.9 Å². The normalized spacial score (nSPS) is 12.5. The summed E-state index contributed by atoms with van der Waals surface area (Å²) in [6.45, 7) is 5.23. The van der Waals surface area contributed by atoms with Crippen molar-refractivity contribution in [1.29, 1.82) is 0 Å². The quantitative estimate of drug-likeness (QED) is 0.628. The fourth-order valence-corrected chi connectivity index (χ4v) is 2.82. The highest BCUT2D eigenvalue weighted by molar-refractivity contribution is 7.11. The Labute approximate surface area is 118 Å². The second kappa shape index (κ2) is 6.68. The molecule has 1 unspecified atom stereocenters. The molecule has 0 radical (unpaired) electrons. The van der Waals surface area contributed by atoms with Gasteiger partial charge in [0.05, 0.1) is 6.04 Å². The van der Waals surface area contributed by atoms with Crippen molar-refractivity contribution < 1.29 is 0 Å². The Bertz CT molecular complexity index is 522. The van der Waals surface area contributed by atoms with E-state index in [9.17, 15) is 0 Å². The molecule has 1 heterocycles. The van der Waals surface area contributed by atoms with Crippen LogP contribution < -0.4 is 11.1 Å². The molecule has 1 aromatic carbocycles. The summed E-state index contributed by atoms with van der Waals surface area (Å²) < 4.78 is 0. The van der Waals surface area contributed by atoms with Crippen molar-refractivity contribution in [1.82, 2.24) is 10.3 Å². The molecule has 3 N–H and O–H groups in total. The zero-order valence-corrected chi connectivity index (χ0v) is 12.3. The molecule has 0 amide bonds. The molecule has 1 aromatic heterocycles. The number of nitrogen functional groups attached to an aromatic ring is 1. The van der Waals surface area contributed by atoms with Crippen LogP contribution in [0.25, 0.3) is 0 Å². The lowest BCUT2D eigenvalue weighted by molar-refractivity contribution is 0.556. The molecule has 2 aromatic rings. The van der Waals surface area contributed by atoms with Crippen LogP contribution in [0.1, 0.15) is 34.8 Å². The summed E-state index contributed by atoms with van der Waals surface area (Å²) in [5.41, 5.74) is 8.06. The van der Waals surface area contributed by atoms with Crippen LogP contribution in [-0.2, 0) is 6.42 Å². The van der Waals surface area contributed by atoms with Gasteiger partial charge < -0.3 is 11.1 Å². The summed E-state index contributed by atoms with van der Waals surface area (Å²) in [5, 5.41) is 4.67. The lowest BCUT2D eigenvalue weighted by Gasteiger charge is -2.11. The molecule has 2 rings (SSSR count). The van der Waals surface area contributed by atoms with Crippen LogP contribution >= 0.6 is 11.3 Å². The van der Waals surface area contributed by atoms with Gasteiger partial charge in [0.15, 0.2) is 0 Å². The summed E-state index contributed by atoms with van der Waals surface area (Å²) in [4.78, 5) is 5.67. The Balaban J connectivity index is 1.74. The predicted octanol–water partition coefficient (Wildman–Crippen LogP) is 3.32. The highest BCUT2D eigenvalue weighted by Gasteiger charge is 2.08. The maximum atomic E-state index is 5.93. The molecule has 102 valence electrons. The number of nitrogens with two attached hydrogens (primary N) is 1. The molecule has 19 heavy (non-hydrogen) atoms. The average molecular weight is 275 g/mol. The third kappa shape index (κ3) is 4.04. The molecular weight excluding hydrogens is 254 g/mol. The first-order valence-corrected chi connectivity index (χ1v) is 7.47. The first-order chi connectivity index (χ1) is 9.16. The Morgan fingerprint density at radius 2 is 2.16 bits per heavy atom. The van der Waals surface area contributed by atoms with Gasteiger partial charge in [-0.25, -0.2) is 4.98 Å². The minimum atomic E-state index is 0.326. The summed E-state index contributed by atoms with van der Waals surface area (Å²) in [6.07, 6.45) is 4.04. The molecule has 0 saturated heterocycles. The monoisotopic (exact) mass is 275 g/mol. The van der Waals surface area contributed by atoms with Crippen LogP contribution in [0.15, 0.2) is 30.5 Å². The SMILES string of the molecule is Cc1cnc(C(C)NCCCc2ccccc2N)s1. The second-order valence-corrected chi connectivity index (χ2v) is 6.05. The Morgan fingerprint density at radius 1 is 1.37 bits per heavy atom. The third-order valence-corrected chi connectivity index (χ3v) is 4.23. The van der Waals surface area contributed by atoms with Gasteiger partial charge in [0.2, 0.25) is 0 Å². The van der Waals surface area contributed by atoms with Crippen molar-refractivity contribution >= 4 is 17.0 Å². The van der Waals surface area contributed by atoms with Gasteiger partial charge in [-0.15, -0.1) is 11.3 Å². The van der Waals surface area contributed by atoms with E-state index in [1.165, 1.54) is 10.4 Å². The highest BCUT2D eigenvalue weighted by Crippen LogP contribution is 2.19. The number of para-hydroxylation sites is 1. The van der Waals surface area contributed by atoms with E-state index in [0.717, 1.165) is 30.1 Å². The number of aryl methyl sites for hydroxylation is 2. The zero-order chi connectivity index (χ0) is 13.7. The number of anilines is 1. The number of nitrogens with one attached hydrogen (secondary N) is 1. The number of hydrogen-bond acceptors (Lipinski definition) is 4. The van der Waals surface area contributed by atoms with E-state index in [1.54, 1.807) is 11.3 Å². The van der Waals surface area contributed by atoms with Crippen LogP contribution in [0.2, 0.25) is 0 Å². The molecular formula is C15H21N3S. The van der Waals surface area contributed by atoms with Gasteiger partial charge in [0.1, 0.15) is 5.01 Å². The summed E-state index contributed by atoms with van der Waals surface area (Å²) in [7, 11) is 0. The summed E-state index contributed by atoms with van der Waals surface area (Å²) in [6, 6.07) is 8.41. The standard InChI is InChI=1S/C15H21N3S/c1-11-10-18-15(19-11)12(2)17-9-5-7-13-6-3-4-8-14(13)16/h3-4,6,8,10,12,17H,5,7,9,16H2,1-2H3. The second-order valence-electron chi connectivity index (χ2n) is 4.79. The number of rotatable bonds is 6. The lowest BCUT2D eigenvalue weighted by atomic mass is 10.1. The summed E-state index contributed by atoms with van der Waals surface area (Å²) in [5.74, 6) is 0.